The Morgan fingerprint density at radius 1 is 1.08 bits per heavy atom. The van der Waals surface area contributed by atoms with Gasteiger partial charge in [-0.3, -0.25) is 9.48 Å². The smallest absolute Gasteiger partial charge is 0.398 e. The summed E-state index contributed by atoms with van der Waals surface area (Å²) in [6.07, 6.45) is -1.98. The van der Waals surface area contributed by atoms with Gasteiger partial charge in [-0.15, -0.1) is 0 Å². The summed E-state index contributed by atoms with van der Waals surface area (Å²) in [4.78, 5) is 13.1. The molecule has 5 aromatic rings. The monoisotopic (exact) mass is 614 g/mol. The van der Waals surface area contributed by atoms with E-state index in [1.807, 2.05) is 22.6 Å². The lowest BCUT2D eigenvalue weighted by molar-refractivity contribution is -0.137. The van der Waals surface area contributed by atoms with Crippen LogP contribution in [0.15, 0.2) is 48.8 Å². The van der Waals surface area contributed by atoms with Gasteiger partial charge in [0.15, 0.2) is 17.5 Å². The topological polar surface area (TPSA) is 65.3 Å². The molecule has 0 spiro atoms. The van der Waals surface area contributed by atoms with E-state index in [-0.39, 0.29) is 33.5 Å². The van der Waals surface area contributed by atoms with Crippen molar-refractivity contribution in [1.29, 1.82) is 0 Å². The second-order valence-electron chi connectivity index (χ2n) is 8.01. The fraction of sp³-hybridized carbons (Fsp3) is 0.0833. The third-order valence-corrected chi connectivity index (χ3v) is 6.71. The van der Waals surface area contributed by atoms with Crippen LogP contribution in [-0.2, 0) is 13.2 Å². The maximum Gasteiger partial charge on any atom is 0.417 e. The number of ketones is 1. The van der Waals surface area contributed by atoms with Crippen LogP contribution in [0.5, 0.6) is 0 Å². The van der Waals surface area contributed by atoms with Gasteiger partial charge in [0.2, 0.25) is 5.78 Å². The van der Waals surface area contributed by atoms with Crippen molar-refractivity contribution in [1.82, 2.24) is 14.2 Å². The second-order valence-corrected chi connectivity index (χ2v) is 9.17. The number of rotatable bonds is 3. The molecule has 0 saturated heterocycles. The Bertz CT molecular complexity index is 1700. The minimum absolute atomic E-state index is 0.0868. The summed E-state index contributed by atoms with van der Waals surface area (Å²) in [6, 6.07) is 6.32. The number of nitrogens with two attached hydrogens (primary N) is 1. The molecule has 5 rings (SSSR count). The third kappa shape index (κ3) is 3.62. The summed E-state index contributed by atoms with van der Waals surface area (Å²) in [5, 5.41) is 4.32. The van der Waals surface area contributed by atoms with Gasteiger partial charge in [0.25, 0.3) is 0 Å². The summed E-state index contributed by atoms with van der Waals surface area (Å²) >= 11 is 1.85. The molecule has 0 unspecified atom stereocenters. The fourth-order valence-corrected chi connectivity index (χ4v) is 5.10. The molecule has 0 fully saturated rings. The maximum absolute atomic E-state index is 14.2. The quantitative estimate of drug-likeness (QED) is 0.0848. The predicted molar refractivity (Wildman–Crippen MR) is 129 cm³/mol. The SMILES string of the molecule is Cn1ncc2c(N)c(-c3cccn4c(C(=O)c5cc(F)c(F)c(F)c5)cc(I)c34)c(C(F)(F)F)cc21. The summed E-state index contributed by atoms with van der Waals surface area (Å²) in [7, 11) is 1.50. The van der Waals surface area contributed by atoms with Gasteiger partial charge < -0.3 is 10.1 Å². The molecule has 184 valence electrons. The minimum Gasteiger partial charge on any atom is -0.398 e. The van der Waals surface area contributed by atoms with E-state index in [0.29, 0.717) is 21.1 Å². The lowest BCUT2D eigenvalue weighted by Crippen LogP contribution is -2.11. The first-order chi connectivity index (χ1) is 16.9. The molecule has 12 heteroatoms. The fourth-order valence-electron chi connectivity index (χ4n) is 4.25. The van der Waals surface area contributed by atoms with E-state index in [0.717, 1.165) is 6.07 Å². The number of nitrogen functional groups attached to an aromatic ring is 1. The van der Waals surface area contributed by atoms with Gasteiger partial charge in [-0.2, -0.15) is 18.3 Å². The van der Waals surface area contributed by atoms with Crippen molar-refractivity contribution in [3.05, 3.63) is 86.6 Å². The van der Waals surface area contributed by atoms with Crippen molar-refractivity contribution in [2.24, 2.45) is 7.05 Å². The highest BCUT2D eigenvalue weighted by Crippen LogP contribution is 2.45. The Kier molecular flexibility index (Phi) is 5.54. The first-order valence-electron chi connectivity index (χ1n) is 10.2. The Balaban J connectivity index is 1.80. The number of aromatic nitrogens is 3. The van der Waals surface area contributed by atoms with E-state index in [1.54, 1.807) is 0 Å². The minimum atomic E-state index is -4.77. The van der Waals surface area contributed by atoms with E-state index in [4.69, 9.17) is 5.73 Å². The van der Waals surface area contributed by atoms with Gasteiger partial charge in [0.1, 0.15) is 0 Å². The van der Waals surface area contributed by atoms with Crippen molar-refractivity contribution in [3.63, 3.8) is 0 Å². The van der Waals surface area contributed by atoms with Crippen molar-refractivity contribution < 1.29 is 31.1 Å². The highest BCUT2D eigenvalue weighted by Gasteiger charge is 2.37. The summed E-state index contributed by atoms with van der Waals surface area (Å²) in [5.74, 6) is -5.65. The zero-order valence-corrected chi connectivity index (χ0v) is 20.2. The van der Waals surface area contributed by atoms with Crippen LogP contribution < -0.4 is 5.73 Å². The van der Waals surface area contributed by atoms with E-state index >= 15 is 0 Å². The number of hydrogen-bond acceptors (Lipinski definition) is 3. The third-order valence-electron chi connectivity index (χ3n) is 5.89. The number of alkyl halides is 3. The van der Waals surface area contributed by atoms with E-state index in [9.17, 15) is 31.1 Å². The number of carbonyl (C=O) groups is 1. The molecule has 2 N–H and O–H groups in total. The van der Waals surface area contributed by atoms with Crippen LogP contribution in [0.3, 0.4) is 0 Å². The number of pyridine rings is 1. The highest BCUT2D eigenvalue weighted by atomic mass is 127. The van der Waals surface area contributed by atoms with Crippen molar-refractivity contribution >= 4 is 50.5 Å². The van der Waals surface area contributed by atoms with E-state index in [2.05, 4.69) is 5.10 Å². The Hall–Kier alpha value is -3.55. The molecule has 3 aromatic heterocycles. The van der Waals surface area contributed by atoms with Crippen LogP contribution in [0.2, 0.25) is 0 Å². The largest absolute Gasteiger partial charge is 0.417 e. The molecule has 0 aliphatic carbocycles. The molecular weight excluding hydrogens is 601 g/mol. The molecule has 0 saturated carbocycles. The van der Waals surface area contributed by atoms with E-state index < -0.39 is 40.5 Å². The number of hydrogen-bond donors (Lipinski definition) is 1. The van der Waals surface area contributed by atoms with Crippen LogP contribution in [0.25, 0.3) is 27.5 Å². The predicted octanol–water partition coefficient (Wildman–Crippen LogP) is 6.35. The van der Waals surface area contributed by atoms with Crippen LogP contribution in [0.1, 0.15) is 21.6 Å². The van der Waals surface area contributed by atoms with Crippen LogP contribution in [0, 0.1) is 21.0 Å². The summed E-state index contributed by atoms with van der Waals surface area (Å²) < 4.78 is 86.4. The number of aryl methyl sites for hydroxylation is 1. The first-order valence-corrected chi connectivity index (χ1v) is 11.3. The van der Waals surface area contributed by atoms with E-state index in [1.165, 1.54) is 46.7 Å². The molecule has 0 aliphatic heterocycles. The number of halogens is 7. The maximum atomic E-state index is 14.2. The Morgan fingerprint density at radius 3 is 2.39 bits per heavy atom. The number of carbonyl (C=O) groups excluding carboxylic acids is 1. The van der Waals surface area contributed by atoms with Crippen LogP contribution >= 0.6 is 22.6 Å². The average molecular weight is 614 g/mol. The average Bonchev–Trinajstić information content (AvgIpc) is 3.36. The molecular formula is C24H13F6IN4O. The Labute approximate surface area is 212 Å². The molecule has 2 aromatic carbocycles. The van der Waals surface area contributed by atoms with Gasteiger partial charge >= 0.3 is 6.18 Å². The summed E-state index contributed by atoms with van der Waals surface area (Å²) in [5.41, 5.74) is 4.80. The lowest BCUT2D eigenvalue weighted by atomic mass is 9.95. The zero-order chi connectivity index (χ0) is 26.1. The molecule has 0 bridgehead atoms. The van der Waals surface area contributed by atoms with Crippen molar-refractivity contribution in [2.75, 3.05) is 5.73 Å². The normalized spacial score (nSPS) is 12.1. The van der Waals surface area contributed by atoms with Gasteiger partial charge in [-0.1, -0.05) is 6.07 Å². The molecule has 5 nitrogen and oxygen atoms in total. The number of nitrogens with zero attached hydrogens (tertiary/aromatic N) is 3. The second kappa shape index (κ2) is 8.25. The number of benzene rings is 2. The van der Waals surface area contributed by atoms with Crippen LogP contribution in [0.4, 0.5) is 32.0 Å². The standard InChI is InChI=1S/C24H13F6IN4O/c1-34-17-7-13(24(28,29)30)19(21(32)12(17)9-33-34)11-3-2-4-35-18(8-16(31)22(11)35)23(36)10-5-14(25)20(27)15(26)6-10/h2-9H,32H2,1H3. The molecule has 0 amide bonds. The Morgan fingerprint density at radius 2 is 1.75 bits per heavy atom. The lowest BCUT2D eigenvalue weighted by Gasteiger charge is -2.18. The summed E-state index contributed by atoms with van der Waals surface area (Å²) in [6.45, 7) is 0. The number of anilines is 1. The van der Waals surface area contributed by atoms with Crippen LogP contribution in [-0.4, -0.2) is 20.0 Å². The molecule has 3 heterocycles. The van der Waals surface area contributed by atoms with Crippen molar-refractivity contribution in [3.8, 4) is 11.1 Å². The molecule has 0 radical (unpaired) electrons. The van der Waals surface area contributed by atoms with Crippen molar-refractivity contribution in [2.45, 2.75) is 6.18 Å². The molecule has 0 aliphatic rings. The first kappa shape index (κ1) is 24.2. The molecule has 0 atom stereocenters. The van der Waals surface area contributed by atoms with Gasteiger partial charge in [0.05, 0.1) is 34.2 Å². The number of fused-ring (bicyclic) bond motifs is 2. The zero-order valence-electron chi connectivity index (χ0n) is 18.1. The van der Waals surface area contributed by atoms with Gasteiger partial charge in [-0.05, 0) is 52.9 Å². The highest BCUT2D eigenvalue weighted by molar-refractivity contribution is 14.1. The van der Waals surface area contributed by atoms with Gasteiger partial charge in [0, 0.05) is 38.9 Å². The molecule has 36 heavy (non-hydrogen) atoms. The van der Waals surface area contributed by atoms with Gasteiger partial charge in [-0.25, -0.2) is 13.2 Å².